The topological polar surface area (TPSA) is 4.36 Å². The van der Waals surface area contributed by atoms with E-state index in [0.717, 1.165) is 19.3 Å². The molecule has 0 amide bonds. The minimum absolute atomic E-state index is 0.699. The molecule has 0 atom stereocenters. The number of nitrogens with zero attached hydrogens (tertiary/aromatic N) is 1. The highest BCUT2D eigenvalue weighted by atomic mass is 28.3. The molecular formula is C13H23NSi. The van der Waals surface area contributed by atoms with Crippen LogP contribution in [0.15, 0.2) is 25.3 Å². The summed E-state index contributed by atoms with van der Waals surface area (Å²) in [5, 5.41) is 0. The van der Waals surface area contributed by atoms with Crippen LogP contribution in [0.1, 0.15) is 19.3 Å². The summed E-state index contributed by atoms with van der Waals surface area (Å²) < 4.78 is 0. The molecule has 0 spiro atoms. The Labute approximate surface area is 95.7 Å². The summed E-state index contributed by atoms with van der Waals surface area (Å²) in [5.41, 5.74) is 0. The molecule has 0 aliphatic rings. The maximum atomic E-state index is 6.79. The molecule has 0 aromatic carbocycles. The van der Waals surface area contributed by atoms with E-state index in [2.05, 4.69) is 24.5 Å². The molecule has 0 heterocycles. The van der Waals surface area contributed by atoms with Crippen LogP contribution in [0, 0.1) is 6.57 Å². The average molecular weight is 221 g/mol. The Kier molecular flexibility index (Phi) is 8.03. The van der Waals surface area contributed by atoms with Crippen molar-refractivity contribution in [2.45, 2.75) is 43.9 Å². The third-order valence-electron chi connectivity index (χ3n) is 2.95. The molecule has 0 rings (SSSR count). The van der Waals surface area contributed by atoms with Crippen LogP contribution in [-0.4, -0.2) is 14.6 Å². The molecule has 0 aliphatic heterocycles. The lowest BCUT2D eigenvalue weighted by atomic mass is 10.5. The van der Waals surface area contributed by atoms with E-state index >= 15 is 0 Å². The first kappa shape index (κ1) is 14.2. The maximum Gasteiger partial charge on any atom is 0.214 e. The minimum Gasteiger partial charge on any atom is -0.317 e. The summed E-state index contributed by atoms with van der Waals surface area (Å²) >= 11 is 0. The van der Waals surface area contributed by atoms with Crippen molar-refractivity contribution in [2.75, 3.05) is 6.54 Å². The van der Waals surface area contributed by atoms with Crippen LogP contribution in [0.2, 0.25) is 24.7 Å². The maximum absolute atomic E-state index is 6.79. The van der Waals surface area contributed by atoms with Crippen LogP contribution in [0.5, 0.6) is 0 Å². The SMILES string of the molecule is [C-]#[N+]CCC[Si](C)(CCC=C)CCC=C. The number of rotatable bonds is 9. The molecule has 84 valence electrons. The zero-order valence-corrected chi connectivity index (χ0v) is 11.0. The standard InChI is InChI=1S/C13H23NSi/c1-5-7-11-15(4,12-8-6-2)13-9-10-14-3/h5-6H,1-2,7-13H2,4H3. The predicted octanol–water partition coefficient (Wildman–Crippen LogP) is 4.53. The smallest absolute Gasteiger partial charge is 0.214 e. The molecule has 0 saturated heterocycles. The van der Waals surface area contributed by atoms with Crippen LogP contribution in [-0.2, 0) is 0 Å². The van der Waals surface area contributed by atoms with Crippen molar-refractivity contribution < 1.29 is 0 Å². The lowest BCUT2D eigenvalue weighted by molar-refractivity contribution is 0.950. The molecule has 2 heteroatoms. The molecule has 0 bridgehead atoms. The third kappa shape index (κ3) is 7.16. The summed E-state index contributed by atoms with van der Waals surface area (Å²) in [6, 6.07) is 3.93. The second-order valence-electron chi connectivity index (χ2n) is 4.45. The fraction of sp³-hybridized carbons (Fsp3) is 0.615. The monoisotopic (exact) mass is 221 g/mol. The van der Waals surface area contributed by atoms with Crippen LogP contribution in [0.25, 0.3) is 4.85 Å². The number of hydrogen-bond donors (Lipinski definition) is 0. The van der Waals surface area contributed by atoms with E-state index in [-0.39, 0.29) is 0 Å². The quantitative estimate of drug-likeness (QED) is 0.233. The average Bonchev–Trinajstić information content (AvgIpc) is 2.24. The Morgan fingerprint density at radius 1 is 1.13 bits per heavy atom. The van der Waals surface area contributed by atoms with Gasteiger partial charge >= 0.3 is 0 Å². The first-order chi connectivity index (χ1) is 7.18. The van der Waals surface area contributed by atoms with Crippen LogP contribution < -0.4 is 0 Å². The van der Waals surface area contributed by atoms with Gasteiger partial charge < -0.3 is 4.85 Å². The Hall–Kier alpha value is -0.813. The molecule has 0 N–H and O–H groups in total. The summed E-state index contributed by atoms with van der Waals surface area (Å²) in [7, 11) is -1.11. The van der Waals surface area contributed by atoms with Crippen LogP contribution in [0.3, 0.4) is 0 Å². The van der Waals surface area contributed by atoms with Gasteiger partial charge in [-0.15, -0.1) is 13.2 Å². The lowest BCUT2D eigenvalue weighted by Gasteiger charge is -2.25. The van der Waals surface area contributed by atoms with Gasteiger partial charge in [-0.3, -0.25) is 0 Å². The van der Waals surface area contributed by atoms with Gasteiger partial charge in [-0.1, -0.05) is 36.8 Å². The van der Waals surface area contributed by atoms with Gasteiger partial charge in [-0.2, -0.15) is 0 Å². The van der Waals surface area contributed by atoms with Crippen molar-refractivity contribution in [3.63, 3.8) is 0 Å². The Bertz CT molecular complexity index is 215. The van der Waals surface area contributed by atoms with Crippen molar-refractivity contribution in [1.29, 1.82) is 0 Å². The molecule has 0 aromatic rings. The van der Waals surface area contributed by atoms with Gasteiger partial charge in [0.25, 0.3) is 0 Å². The second-order valence-corrected chi connectivity index (χ2v) is 9.57. The number of hydrogen-bond acceptors (Lipinski definition) is 0. The summed E-state index contributed by atoms with van der Waals surface area (Å²) in [5.74, 6) is 0. The van der Waals surface area contributed by atoms with Crippen LogP contribution in [0.4, 0.5) is 0 Å². The zero-order valence-electron chi connectivity index (χ0n) is 9.97. The molecule has 15 heavy (non-hydrogen) atoms. The first-order valence-electron chi connectivity index (χ1n) is 5.73. The Balaban J connectivity index is 4.06. The van der Waals surface area contributed by atoms with Gasteiger partial charge in [-0.05, 0) is 12.8 Å². The van der Waals surface area contributed by atoms with E-state index in [1.165, 1.54) is 18.1 Å². The van der Waals surface area contributed by atoms with Gasteiger partial charge in [-0.25, -0.2) is 6.57 Å². The van der Waals surface area contributed by atoms with Gasteiger partial charge in [0.15, 0.2) is 0 Å². The molecular weight excluding hydrogens is 198 g/mol. The summed E-state index contributed by atoms with van der Waals surface area (Å²) in [6.45, 7) is 17.5. The van der Waals surface area contributed by atoms with Gasteiger partial charge in [0.1, 0.15) is 0 Å². The second kappa shape index (κ2) is 8.49. The van der Waals surface area contributed by atoms with Crippen molar-refractivity contribution in [3.8, 4) is 0 Å². The minimum atomic E-state index is -1.11. The molecule has 0 saturated carbocycles. The van der Waals surface area contributed by atoms with Gasteiger partial charge in [0, 0.05) is 6.42 Å². The largest absolute Gasteiger partial charge is 0.317 e. The molecule has 1 nitrogen and oxygen atoms in total. The first-order valence-corrected chi connectivity index (χ1v) is 8.85. The predicted molar refractivity (Wildman–Crippen MR) is 71.8 cm³/mol. The van der Waals surface area contributed by atoms with E-state index in [1.54, 1.807) is 0 Å². The van der Waals surface area contributed by atoms with Crippen LogP contribution >= 0.6 is 0 Å². The Morgan fingerprint density at radius 3 is 2.07 bits per heavy atom. The van der Waals surface area contributed by atoms with Crippen molar-refractivity contribution in [3.05, 3.63) is 36.7 Å². The van der Waals surface area contributed by atoms with Crippen molar-refractivity contribution in [1.82, 2.24) is 0 Å². The fourth-order valence-electron chi connectivity index (χ4n) is 1.86. The summed E-state index contributed by atoms with van der Waals surface area (Å²) in [4.78, 5) is 3.43. The molecule has 0 aliphatic carbocycles. The van der Waals surface area contributed by atoms with Gasteiger partial charge in [0.2, 0.25) is 6.54 Å². The zero-order chi connectivity index (χ0) is 11.6. The molecule has 0 fully saturated rings. The van der Waals surface area contributed by atoms with E-state index in [9.17, 15) is 0 Å². The molecule has 0 aromatic heterocycles. The summed E-state index contributed by atoms with van der Waals surface area (Å²) in [6.07, 6.45) is 7.40. The van der Waals surface area contributed by atoms with Gasteiger partial charge in [0.05, 0.1) is 8.07 Å². The van der Waals surface area contributed by atoms with E-state index in [4.69, 9.17) is 6.57 Å². The van der Waals surface area contributed by atoms with Crippen molar-refractivity contribution in [2.24, 2.45) is 0 Å². The van der Waals surface area contributed by atoms with E-state index in [0.29, 0.717) is 6.54 Å². The lowest BCUT2D eigenvalue weighted by Crippen LogP contribution is -2.29. The molecule has 0 radical (unpaired) electrons. The normalized spacial score (nSPS) is 10.7. The highest BCUT2D eigenvalue weighted by Gasteiger charge is 2.24. The van der Waals surface area contributed by atoms with E-state index < -0.39 is 8.07 Å². The van der Waals surface area contributed by atoms with E-state index in [1.807, 2.05) is 12.2 Å². The fourth-order valence-corrected chi connectivity index (χ4v) is 5.42. The highest BCUT2D eigenvalue weighted by Crippen LogP contribution is 2.26. The molecule has 0 unspecified atom stereocenters. The number of allylic oxidation sites excluding steroid dienone is 2. The third-order valence-corrected chi connectivity index (χ3v) is 7.51. The Morgan fingerprint density at radius 2 is 1.67 bits per heavy atom. The highest BCUT2D eigenvalue weighted by molar-refractivity contribution is 6.78. The van der Waals surface area contributed by atoms with Crippen molar-refractivity contribution >= 4 is 8.07 Å².